The summed E-state index contributed by atoms with van der Waals surface area (Å²) in [6.45, 7) is 4.94. The van der Waals surface area contributed by atoms with Crippen molar-refractivity contribution in [2.75, 3.05) is 27.0 Å². The molecule has 3 atom stereocenters. The van der Waals surface area contributed by atoms with Crippen molar-refractivity contribution in [3.63, 3.8) is 0 Å². The molecular formula is C15H25NO3S. The van der Waals surface area contributed by atoms with Gasteiger partial charge in [-0.25, -0.2) is 0 Å². The third-order valence-corrected chi connectivity index (χ3v) is 4.84. The van der Waals surface area contributed by atoms with Crippen LogP contribution in [0.25, 0.3) is 0 Å². The maximum absolute atomic E-state index is 11.3. The highest BCUT2D eigenvalue weighted by molar-refractivity contribution is 7.84. The maximum atomic E-state index is 11.3. The molecule has 20 heavy (non-hydrogen) atoms. The number of hydrogen-bond acceptors (Lipinski definition) is 4. The lowest BCUT2D eigenvalue weighted by atomic mass is 10.1. The Bertz CT molecular complexity index is 451. The molecular weight excluding hydrogens is 274 g/mol. The summed E-state index contributed by atoms with van der Waals surface area (Å²) in [7, 11) is 2.54. The van der Waals surface area contributed by atoms with Crippen molar-refractivity contribution in [2.24, 2.45) is 0 Å². The lowest BCUT2D eigenvalue weighted by Crippen LogP contribution is -2.24. The molecule has 1 aromatic rings. The third kappa shape index (κ3) is 4.80. The predicted molar refractivity (Wildman–Crippen MR) is 84.1 cm³/mol. The Morgan fingerprint density at radius 2 is 1.95 bits per heavy atom. The summed E-state index contributed by atoms with van der Waals surface area (Å²) in [6, 6.07) is 6.00. The highest BCUT2D eigenvalue weighted by Crippen LogP contribution is 2.29. The van der Waals surface area contributed by atoms with Gasteiger partial charge in [-0.3, -0.25) is 4.21 Å². The summed E-state index contributed by atoms with van der Waals surface area (Å²) < 4.78 is 21.9. The van der Waals surface area contributed by atoms with Crippen molar-refractivity contribution in [2.45, 2.75) is 31.6 Å². The average molecular weight is 299 g/mol. The maximum Gasteiger partial charge on any atom is 0.127 e. The van der Waals surface area contributed by atoms with Crippen LogP contribution in [0, 0.1) is 0 Å². The van der Waals surface area contributed by atoms with E-state index in [2.05, 4.69) is 12.2 Å². The molecule has 0 amide bonds. The number of methoxy groups -OCH3 is 2. The summed E-state index contributed by atoms with van der Waals surface area (Å²) in [6.07, 6.45) is 2.65. The van der Waals surface area contributed by atoms with Crippen LogP contribution >= 0.6 is 0 Å². The molecule has 0 aliphatic rings. The summed E-state index contributed by atoms with van der Waals surface area (Å²) in [5.74, 6) is 1.60. The van der Waals surface area contributed by atoms with Gasteiger partial charge in [0.1, 0.15) is 11.5 Å². The van der Waals surface area contributed by atoms with E-state index < -0.39 is 10.8 Å². The van der Waals surface area contributed by atoms with Gasteiger partial charge in [-0.05, 0) is 26.0 Å². The van der Waals surface area contributed by atoms with Crippen LogP contribution in [-0.4, -0.2) is 36.5 Å². The first-order chi connectivity index (χ1) is 9.49. The fourth-order valence-electron chi connectivity index (χ4n) is 1.96. The number of nitrogens with one attached hydrogen (secondary N) is 1. The van der Waals surface area contributed by atoms with E-state index in [0.717, 1.165) is 30.0 Å². The van der Waals surface area contributed by atoms with Crippen LogP contribution in [-0.2, 0) is 10.8 Å². The zero-order valence-electron chi connectivity index (χ0n) is 12.9. The number of rotatable bonds is 8. The second-order valence-corrected chi connectivity index (χ2v) is 6.68. The van der Waals surface area contributed by atoms with Gasteiger partial charge >= 0.3 is 0 Å². The van der Waals surface area contributed by atoms with Gasteiger partial charge in [0, 0.05) is 40.0 Å². The molecule has 0 aliphatic heterocycles. The fraction of sp³-hybridized carbons (Fsp3) is 0.600. The van der Waals surface area contributed by atoms with Gasteiger partial charge in [0.25, 0.3) is 0 Å². The molecule has 0 aliphatic carbocycles. The van der Waals surface area contributed by atoms with Crippen molar-refractivity contribution < 1.29 is 13.7 Å². The Kier molecular flexibility index (Phi) is 7.02. The number of benzene rings is 1. The quantitative estimate of drug-likeness (QED) is 0.801. The van der Waals surface area contributed by atoms with Gasteiger partial charge in [-0.2, -0.15) is 0 Å². The van der Waals surface area contributed by atoms with Crippen LogP contribution in [0.2, 0.25) is 0 Å². The molecule has 1 aromatic carbocycles. The first kappa shape index (κ1) is 17.0. The van der Waals surface area contributed by atoms with Crippen molar-refractivity contribution >= 4 is 10.8 Å². The zero-order valence-corrected chi connectivity index (χ0v) is 13.8. The molecule has 1 rings (SSSR count). The lowest BCUT2D eigenvalue weighted by Gasteiger charge is -2.19. The van der Waals surface area contributed by atoms with E-state index in [-0.39, 0.29) is 11.3 Å². The molecule has 1 N–H and O–H groups in total. The minimum atomic E-state index is -0.761. The van der Waals surface area contributed by atoms with Crippen molar-refractivity contribution in [1.82, 2.24) is 5.32 Å². The zero-order chi connectivity index (χ0) is 15.1. The monoisotopic (exact) mass is 299 g/mol. The van der Waals surface area contributed by atoms with E-state index in [0.29, 0.717) is 0 Å². The first-order valence-electron chi connectivity index (χ1n) is 6.77. The first-order valence-corrected chi connectivity index (χ1v) is 8.39. The Morgan fingerprint density at radius 3 is 2.50 bits per heavy atom. The van der Waals surface area contributed by atoms with Crippen molar-refractivity contribution in [3.05, 3.63) is 23.8 Å². The second-order valence-electron chi connectivity index (χ2n) is 4.88. The number of ether oxygens (including phenoxy) is 2. The van der Waals surface area contributed by atoms with Gasteiger partial charge in [0.05, 0.1) is 14.2 Å². The minimum Gasteiger partial charge on any atom is -0.497 e. The molecule has 0 aromatic heterocycles. The van der Waals surface area contributed by atoms with Crippen LogP contribution in [0.15, 0.2) is 18.2 Å². The van der Waals surface area contributed by atoms with E-state index in [1.54, 1.807) is 20.5 Å². The van der Waals surface area contributed by atoms with E-state index >= 15 is 0 Å². The predicted octanol–water partition coefficient (Wildman–Crippen LogP) is 2.51. The largest absolute Gasteiger partial charge is 0.497 e. The molecule has 0 bridgehead atoms. The van der Waals surface area contributed by atoms with E-state index in [1.807, 2.05) is 25.1 Å². The van der Waals surface area contributed by atoms with Crippen LogP contribution < -0.4 is 14.8 Å². The van der Waals surface area contributed by atoms with Gasteiger partial charge in [0.2, 0.25) is 0 Å². The number of hydrogen-bond donors (Lipinski definition) is 1. The molecule has 0 spiro atoms. The molecule has 3 unspecified atom stereocenters. The SMILES string of the molecule is COc1ccc(C(C)NCCC(C)S(C)=O)c(OC)c1. The van der Waals surface area contributed by atoms with Crippen LogP contribution in [0.1, 0.15) is 31.9 Å². The third-order valence-electron chi connectivity index (χ3n) is 3.48. The molecule has 5 heteroatoms. The minimum absolute atomic E-state index is 0.174. The Hall–Kier alpha value is -1.07. The normalized spacial score (nSPS) is 15.4. The van der Waals surface area contributed by atoms with E-state index in [4.69, 9.17) is 9.47 Å². The summed E-state index contributed by atoms with van der Waals surface area (Å²) in [5, 5.41) is 3.66. The van der Waals surface area contributed by atoms with Crippen LogP contribution in [0.5, 0.6) is 11.5 Å². The van der Waals surface area contributed by atoms with Gasteiger partial charge in [-0.1, -0.05) is 13.0 Å². The lowest BCUT2D eigenvalue weighted by molar-refractivity contribution is 0.385. The van der Waals surface area contributed by atoms with Gasteiger partial charge in [-0.15, -0.1) is 0 Å². The topological polar surface area (TPSA) is 47.6 Å². The highest BCUT2D eigenvalue weighted by atomic mass is 32.2. The van der Waals surface area contributed by atoms with Crippen molar-refractivity contribution in [1.29, 1.82) is 0 Å². The molecule has 114 valence electrons. The van der Waals surface area contributed by atoms with Crippen molar-refractivity contribution in [3.8, 4) is 11.5 Å². The Morgan fingerprint density at radius 1 is 1.25 bits per heavy atom. The Labute approximate surface area is 124 Å². The summed E-state index contributed by atoms with van der Waals surface area (Å²) >= 11 is 0. The molecule has 0 heterocycles. The van der Waals surface area contributed by atoms with Crippen LogP contribution in [0.3, 0.4) is 0 Å². The highest BCUT2D eigenvalue weighted by Gasteiger charge is 2.13. The summed E-state index contributed by atoms with van der Waals surface area (Å²) in [5.41, 5.74) is 1.10. The molecule has 0 saturated carbocycles. The molecule has 4 nitrogen and oxygen atoms in total. The molecule has 0 radical (unpaired) electrons. The second kappa shape index (κ2) is 8.27. The molecule has 0 saturated heterocycles. The van der Waals surface area contributed by atoms with E-state index in [1.165, 1.54) is 0 Å². The Balaban J connectivity index is 2.63. The smallest absolute Gasteiger partial charge is 0.127 e. The molecule has 0 fully saturated rings. The van der Waals surface area contributed by atoms with Crippen LogP contribution in [0.4, 0.5) is 0 Å². The fourth-order valence-corrected chi connectivity index (χ4v) is 2.40. The van der Waals surface area contributed by atoms with E-state index in [9.17, 15) is 4.21 Å². The van der Waals surface area contributed by atoms with Gasteiger partial charge < -0.3 is 14.8 Å². The standard InChI is InChI=1S/C15H25NO3S/c1-11(20(5)17)8-9-16-12(2)14-7-6-13(18-3)10-15(14)19-4/h6-7,10-12,16H,8-9H2,1-5H3. The average Bonchev–Trinajstić information content (AvgIpc) is 2.45. The van der Waals surface area contributed by atoms with Gasteiger partial charge in [0.15, 0.2) is 0 Å². The summed E-state index contributed by atoms with van der Waals surface area (Å²) in [4.78, 5) is 0.